The Hall–Kier alpha value is -0.410. The second-order valence-electron chi connectivity index (χ2n) is 7.24. The van der Waals surface area contributed by atoms with Crippen LogP contribution in [0.4, 0.5) is 0 Å². The Labute approximate surface area is 110 Å². The summed E-state index contributed by atoms with van der Waals surface area (Å²) in [6.45, 7) is 7.38. The molecule has 0 heterocycles. The summed E-state index contributed by atoms with van der Waals surface area (Å²) in [5, 5.41) is 20.6. The summed E-state index contributed by atoms with van der Waals surface area (Å²) < 4.78 is 0. The Bertz CT molecular complexity index is 357. The highest BCUT2D eigenvalue weighted by Gasteiger charge is 2.63. The molecule has 0 aromatic rings. The molecule has 2 rings (SSSR count). The molecular formula is C15H26O3. The Balaban J connectivity index is 2.40. The van der Waals surface area contributed by atoms with Gasteiger partial charge in [0.15, 0.2) is 0 Å². The van der Waals surface area contributed by atoms with E-state index in [0.717, 1.165) is 19.3 Å². The number of carbonyl (C=O) groups excluding carboxylic acids is 1. The van der Waals surface area contributed by atoms with E-state index in [1.165, 1.54) is 0 Å². The maximum atomic E-state index is 12.2. The normalized spacial score (nSPS) is 44.8. The average Bonchev–Trinajstić information content (AvgIpc) is 2.50. The Morgan fingerprint density at radius 2 is 1.83 bits per heavy atom. The summed E-state index contributed by atoms with van der Waals surface area (Å²) in [5.41, 5.74) is -1.48. The summed E-state index contributed by atoms with van der Waals surface area (Å²) in [6.07, 6.45) is 3.61. The van der Waals surface area contributed by atoms with Gasteiger partial charge in [0, 0.05) is 0 Å². The van der Waals surface area contributed by atoms with Gasteiger partial charge in [-0.25, -0.2) is 0 Å². The van der Waals surface area contributed by atoms with Gasteiger partial charge in [0.05, 0.1) is 17.1 Å². The number of rotatable bonds is 2. The highest BCUT2D eigenvalue weighted by Crippen LogP contribution is 2.63. The third-order valence-electron chi connectivity index (χ3n) is 5.86. The molecule has 0 saturated heterocycles. The predicted molar refractivity (Wildman–Crippen MR) is 70.1 cm³/mol. The van der Waals surface area contributed by atoms with Crippen molar-refractivity contribution in [3.05, 3.63) is 0 Å². The van der Waals surface area contributed by atoms with Crippen LogP contribution in [0.2, 0.25) is 0 Å². The lowest BCUT2D eigenvalue weighted by Gasteiger charge is -2.52. The number of Topliss-reactive ketones (excluding diaryl/α,β-unsaturated/α-hetero) is 1. The van der Waals surface area contributed by atoms with E-state index in [4.69, 9.17) is 0 Å². The monoisotopic (exact) mass is 254 g/mol. The summed E-state index contributed by atoms with van der Waals surface area (Å²) in [6, 6.07) is 0. The van der Waals surface area contributed by atoms with Crippen molar-refractivity contribution in [3.8, 4) is 0 Å². The van der Waals surface area contributed by atoms with Gasteiger partial charge in [0.25, 0.3) is 0 Å². The van der Waals surface area contributed by atoms with Crippen molar-refractivity contribution < 1.29 is 15.0 Å². The van der Waals surface area contributed by atoms with Crippen molar-refractivity contribution >= 4 is 5.78 Å². The minimum Gasteiger partial charge on any atom is -0.392 e. The molecule has 2 aliphatic rings. The van der Waals surface area contributed by atoms with Crippen molar-refractivity contribution in [1.29, 1.82) is 0 Å². The highest BCUT2D eigenvalue weighted by atomic mass is 16.3. The molecule has 0 aromatic carbocycles. The molecule has 2 aliphatic carbocycles. The third-order valence-corrected chi connectivity index (χ3v) is 5.86. The van der Waals surface area contributed by atoms with E-state index < -0.39 is 17.1 Å². The fourth-order valence-corrected chi connectivity index (χ4v) is 4.45. The summed E-state index contributed by atoms with van der Waals surface area (Å²) in [5.74, 6) is 0.200. The molecular weight excluding hydrogens is 228 g/mol. The first kappa shape index (κ1) is 14.0. The molecule has 0 radical (unpaired) electrons. The third kappa shape index (κ3) is 1.75. The predicted octanol–water partition coefficient (Wildman–Crippen LogP) is 2.29. The average molecular weight is 254 g/mol. The van der Waals surface area contributed by atoms with Gasteiger partial charge in [-0.3, -0.25) is 4.79 Å². The Kier molecular flexibility index (Phi) is 3.14. The zero-order chi connectivity index (χ0) is 13.8. The molecule has 0 spiro atoms. The molecule has 0 unspecified atom stereocenters. The number of hydrogen-bond acceptors (Lipinski definition) is 3. The highest BCUT2D eigenvalue weighted by molar-refractivity contribution is 5.84. The number of aliphatic hydroxyl groups is 2. The molecule has 4 atom stereocenters. The summed E-state index contributed by atoms with van der Waals surface area (Å²) in [7, 11) is 0. The van der Waals surface area contributed by atoms with Crippen LogP contribution in [-0.4, -0.2) is 27.7 Å². The minimum atomic E-state index is -0.772. The Morgan fingerprint density at radius 3 is 2.33 bits per heavy atom. The SMILES string of the molecule is CC(=O)[C@]12C[C@H](C(C)(C)O)CC[C@@]1(C)CC[C@@H]2O. The zero-order valence-corrected chi connectivity index (χ0v) is 12.0. The number of fused-ring (bicyclic) bond motifs is 1. The molecule has 0 aliphatic heterocycles. The number of ketones is 1. The van der Waals surface area contributed by atoms with Gasteiger partial charge in [-0.15, -0.1) is 0 Å². The number of carbonyl (C=O) groups is 1. The van der Waals surface area contributed by atoms with Gasteiger partial charge >= 0.3 is 0 Å². The van der Waals surface area contributed by atoms with Crippen LogP contribution >= 0.6 is 0 Å². The second kappa shape index (κ2) is 4.04. The van der Waals surface area contributed by atoms with E-state index in [0.29, 0.717) is 12.8 Å². The summed E-state index contributed by atoms with van der Waals surface area (Å²) >= 11 is 0. The molecule has 2 fully saturated rings. The van der Waals surface area contributed by atoms with Crippen molar-refractivity contribution in [3.63, 3.8) is 0 Å². The van der Waals surface area contributed by atoms with Gasteiger partial charge in [-0.2, -0.15) is 0 Å². The molecule has 104 valence electrons. The van der Waals surface area contributed by atoms with Crippen LogP contribution in [0.15, 0.2) is 0 Å². The van der Waals surface area contributed by atoms with Gasteiger partial charge in [-0.1, -0.05) is 6.92 Å². The Morgan fingerprint density at radius 1 is 1.28 bits per heavy atom. The fraction of sp³-hybridized carbons (Fsp3) is 0.933. The molecule has 3 heteroatoms. The van der Waals surface area contributed by atoms with Crippen LogP contribution in [0.25, 0.3) is 0 Å². The van der Waals surface area contributed by atoms with E-state index in [-0.39, 0.29) is 17.1 Å². The van der Waals surface area contributed by atoms with Crippen LogP contribution in [-0.2, 0) is 4.79 Å². The van der Waals surface area contributed by atoms with Crippen LogP contribution in [0.3, 0.4) is 0 Å². The largest absolute Gasteiger partial charge is 0.392 e. The van der Waals surface area contributed by atoms with Crippen molar-refractivity contribution in [2.75, 3.05) is 0 Å². The van der Waals surface area contributed by atoms with Crippen molar-refractivity contribution in [2.45, 2.75) is 71.5 Å². The van der Waals surface area contributed by atoms with Gasteiger partial charge in [0.1, 0.15) is 5.78 Å². The van der Waals surface area contributed by atoms with Crippen LogP contribution in [0.1, 0.15) is 59.8 Å². The lowest BCUT2D eigenvalue weighted by atomic mass is 9.52. The lowest BCUT2D eigenvalue weighted by molar-refractivity contribution is -0.154. The van der Waals surface area contributed by atoms with Crippen molar-refractivity contribution in [1.82, 2.24) is 0 Å². The topological polar surface area (TPSA) is 57.5 Å². The standard InChI is InChI=1S/C15H26O3/c1-10(16)15-9-11(13(2,3)18)5-7-14(15,4)8-6-12(15)17/h11-12,17-18H,5-9H2,1-4H3/t11-,12+,14+,15+/m1/s1. The van der Waals surface area contributed by atoms with E-state index in [1.54, 1.807) is 6.92 Å². The van der Waals surface area contributed by atoms with Gasteiger partial charge in [0.2, 0.25) is 0 Å². The molecule has 0 aromatic heterocycles. The molecule has 3 nitrogen and oxygen atoms in total. The smallest absolute Gasteiger partial charge is 0.139 e. The van der Waals surface area contributed by atoms with Crippen LogP contribution in [0, 0.1) is 16.7 Å². The maximum Gasteiger partial charge on any atom is 0.139 e. The summed E-state index contributed by atoms with van der Waals surface area (Å²) in [4.78, 5) is 12.2. The molecule has 2 saturated carbocycles. The van der Waals surface area contributed by atoms with Crippen LogP contribution in [0.5, 0.6) is 0 Å². The fourth-order valence-electron chi connectivity index (χ4n) is 4.45. The van der Waals surface area contributed by atoms with E-state index in [2.05, 4.69) is 6.92 Å². The zero-order valence-electron chi connectivity index (χ0n) is 12.0. The molecule has 0 amide bonds. The molecule has 0 bridgehead atoms. The van der Waals surface area contributed by atoms with Crippen molar-refractivity contribution in [2.24, 2.45) is 16.7 Å². The first-order valence-corrected chi connectivity index (χ1v) is 7.05. The lowest BCUT2D eigenvalue weighted by Crippen LogP contribution is -2.54. The van der Waals surface area contributed by atoms with Crippen LogP contribution < -0.4 is 0 Å². The van der Waals surface area contributed by atoms with E-state index in [1.807, 2.05) is 13.8 Å². The van der Waals surface area contributed by atoms with E-state index >= 15 is 0 Å². The number of aliphatic hydroxyl groups excluding tert-OH is 1. The minimum absolute atomic E-state index is 0.0833. The van der Waals surface area contributed by atoms with Gasteiger partial charge < -0.3 is 10.2 Å². The first-order valence-electron chi connectivity index (χ1n) is 7.05. The second-order valence-corrected chi connectivity index (χ2v) is 7.24. The molecule has 2 N–H and O–H groups in total. The first-order chi connectivity index (χ1) is 8.13. The maximum absolute atomic E-state index is 12.2. The quantitative estimate of drug-likeness (QED) is 0.795. The van der Waals surface area contributed by atoms with Gasteiger partial charge in [-0.05, 0) is 64.2 Å². The van der Waals surface area contributed by atoms with E-state index in [9.17, 15) is 15.0 Å². The number of hydrogen-bond donors (Lipinski definition) is 2. The molecule has 18 heavy (non-hydrogen) atoms.